The van der Waals surface area contributed by atoms with E-state index < -0.39 is 17.9 Å². The van der Waals surface area contributed by atoms with Crippen LogP contribution in [0.2, 0.25) is 0 Å². The highest BCUT2D eigenvalue weighted by molar-refractivity contribution is 5.97. The summed E-state index contributed by atoms with van der Waals surface area (Å²) in [5.74, 6) is -0.869. The summed E-state index contributed by atoms with van der Waals surface area (Å²) in [7, 11) is 1.58. The summed E-state index contributed by atoms with van der Waals surface area (Å²) in [6.45, 7) is 0.358. The van der Waals surface area contributed by atoms with Gasteiger partial charge in [0.25, 0.3) is 0 Å². The minimum atomic E-state index is -0.578. The zero-order chi connectivity index (χ0) is 19.5. The molecule has 7 nitrogen and oxygen atoms in total. The molecule has 1 fully saturated rings. The lowest BCUT2D eigenvalue weighted by molar-refractivity contribution is -0.131. The third-order valence-electron chi connectivity index (χ3n) is 5.05. The van der Waals surface area contributed by atoms with Crippen LogP contribution in [-0.2, 0) is 20.9 Å². The zero-order valence-electron chi connectivity index (χ0n) is 15.4. The Morgan fingerprint density at radius 1 is 1.07 bits per heavy atom. The van der Waals surface area contributed by atoms with Gasteiger partial charge in [-0.15, -0.1) is 0 Å². The average Bonchev–Trinajstić information content (AvgIpc) is 3.35. The van der Waals surface area contributed by atoms with Crippen LogP contribution in [0.1, 0.15) is 5.56 Å². The van der Waals surface area contributed by atoms with Crippen molar-refractivity contribution in [1.82, 2.24) is 10.3 Å². The Labute approximate surface area is 162 Å². The van der Waals surface area contributed by atoms with Crippen molar-refractivity contribution in [1.29, 1.82) is 0 Å². The number of nitrogens with zero attached hydrogens (tertiary/aromatic N) is 1. The summed E-state index contributed by atoms with van der Waals surface area (Å²) < 4.78 is 10.9. The Kier molecular flexibility index (Phi) is 5.08. The first-order chi connectivity index (χ1) is 13.7. The van der Waals surface area contributed by atoms with E-state index in [1.54, 1.807) is 43.8 Å². The number of hydrogen-bond donors (Lipinski definition) is 2. The number of ether oxygens (including phenoxy) is 2. The second kappa shape index (κ2) is 7.82. The summed E-state index contributed by atoms with van der Waals surface area (Å²) >= 11 is 0. The molecule has 2 amide bonds. The third-order valence-corrected chi connectivity index (χ3v) is 5.05. The fourth-order valence-electron chi connectivity index (χ4n) is 3.64. The highest BCUT2D eigenvalue weighted by atomic mass is 16.5. The van der Waals surface area contributed by atoms with Crippen LogP contribution in [-0.4, -0.2) is 36.1 Å². The summed E-state index contributed by atoms with van der Waals surface area (Å²) in [6.07, 6.45) is 6.32. The molecule has 2 aliphatic rings. The van der Waals surface area contributed by atoms with Crippen LogP contribution < -0.4 is 15.4 Å². The number of pyridine rings is 1. The van der Waals surface area contributed by atoms with Gasteiger partial charge in [-0.3, -0.25) is 14.6 Å². The van der Waals surface area contributed by atoms with E-state index in [-0.39, 0.29) is 17.9 Å². The lowest BCUT2D eigenvalue weighted by atomic mass is 9.81. The van der Waals surface area contributed by atoms with Crippen LogP contribution in [0, 0.1) is 11.8 Å². The van der Waals surface area contributed by atoms with E-state index in [0.29, 0.717) is 18.0 Å². The first-order valence-electron chi connectivity index (χ1n) is 9.11. The van der Waals surface area contributed by atoms with E-state index >= 15 is 0 Å². The van der Waals surface area contributed by atoms with Crippen LogP contribution in [0.3, 0.4) is 0 Å². The fraction of sp³-hybridized carbons (Fsp3) is 0.286. The van der Waals surface area contributed by atoms with Crippen LogP contribution in [0.5, 0.6) is 5.75 Å². The maximum Gasteiger partial charge on any atom is 0.231 e. The molecule has 0 aliphatic carbocycles. The largest absolute Gasteiger partial charge is 0.497 e. The Morgan fingerprint density at radius 3 is 2.43 bits per heavy atom. The molecule has 4 atom stereocenters. The van der Waals surface area contributed by atoms with Crippen molar-refractivity contribution in [2.45, 2.75) is 18.8 Å². The highest BCUT2D eigenvalue weighted by Gasteiger charge is 2.52. The molecular formula is C21H21N3O4. The lowest BCUT2D eigenvalue weighted by Crippen LogP contribution is -2.44. The van der Waals surface area contributed by atoms with E-state index in [2.05, 4.69) is 15.6 Å². The summed E-state index contributed by atoms with van der Waals surface area (Å²) in [5.41, 5.74) is 1.54. The van der Waals surface area contributed by atoms with Crippen molar-refractivity contribution in [2.24, 2.45) is 11.8 Å². The van der Waals surface area contributed by atoms with Crippen molar-refractivity contribution in [3.05, 3.63) is 66.5 Å². The molecule has 1 aromatic heterocycles. The Morgan fingerprint density at radius 2 is 1.79 bits per heavy atom. The second-order valence-corrected chi connectivity index (χ2v) is 6.80. The lowest BCUT2D eigenvalue weighted by Gasteiger charge is -2.23. The van der Waals surface area contributed by atoms with Gasteiger partial charge in [0, 0.05) is 24.6 Å². The number of rotatable bonds is 6. The number of anilines is 1. The molecule has 144 valence electrons. The summed E-state index contributed by atoms with van der Waals surface area (Å²) in [5, 5.41) is 5.78. The van der Waals surface area contributed by atoms with Crippen LogP contribution in [0.15, 0.2) is 60.9 Å². The van der Waals surface area contributed by atoms with E-state index in [0.717, 1.165) is 5.56 Å². The molecule has 0 unspecified atom stereocenters. The maximum absolute atomic E-state index is 12.9. The van der Waals surface area contributed by atoms with Gasteiger partial charge in [-0.05, 0) is 35.9 Å². The molecule has 0 spiro atoms. The monoisotopic (exact) mass is 379 g/mol. The molecule has 0 saturated carbocycles. The van der Waals surface area contributed by atoms with Crippen molar-refractivity contribution in [3.8, 4) is 5.75 Å². The van der Waals surface area contributed by atoms with E-state index in [1.807, 2.05) is 24.3 Å². The second-order valence-electron chi connectivity index (χ2n) is 6.80. The molecule has 1 aromatic carbocycles. The minimum Gasteiger partial charge on any atom is -0.497 e. The van der Waals surface area contributed by atoms with Crippen molar-refractivity contribution < 1.29 is 19.1 Å². The van der Waals surface area contributed by atoms with Crippen molar-refractivity contribution in [2.75, 3.05) is 12.4 Å². The number of aromatic nitrogens is 1. The quantitative estimate of drug-likeness (QED) is 0.749. The minimum absolute atomic E-state index is 0.199. The summed E-state index contributed by atoms with van der Waals surface area (Å²) in [4.78, 5) is 29.8. The topological polar surface area (TPSA) is 89.5 Å². The van der Waals surface area contributed by atoms with Gasteiger partial charge in [-0.1, -0.05) is 18.2 Å². The van der Waals surface area contributed by atoms with Crippen LogP contribution >= 0.6 is 0 Å². The number of amides is 2. The molecular weight excluding hydrogens is 358 g/mol. The van der Waals surface area contributed by atoms with Crippen molar-refractivity contribution >= 4 is 17.5 Å². The number of fused-ring (bicyclic) bond motifs is 2. The molecule has 3 heterocycles. The maximum atomic E-state index is 12.9. The van der Waals surface area contributed by atoms with Gasteiger partial charge >= 0.3 is 0 Å². The van der Waals surface area contributed by atoms with Gasteiger partial charge in [0.05, 0.1) is 31.2 Å². The van der Waals surface area contributed by atoms with Gasteiger partial charge in [-0.2, -0.15) is 0 Å². The van der Waals surface area contributed by atoms with E-state index in [1.165, 1.54) is 0 Å². The van der Waals surface area contributed by atoms with Crippen molar-refractivity contribution in [3.63, 3.8) is 0 Å². The van der Waals surface area contributed by atoms with Crippen LogP contribution in [0.4, 0.5) is 5.69 Å². The zero-order valence-corrected chi connectivity index (χ0v) is 15.4. The van der Waals surface area contributed by atoms with Gasteiger partial charge < -0.3 is 20.1 Å². The molecule has 0 radical (unpaired) electrons. The number of nitrogens with one attached hydrogen (secondary N) is 2. The van der Waals surface area contributed by atoms with E-state index in [4.69, 9.17) is 9.47 Å². The molecule has 2 bridgehead atoms. The highest BCUT2D eigenvalue weighted by Crippen LogP contribution is 2.40. The Balaban J connectivity index is 1.44. The molecule has 2 aromatic rings. The molecule has 2 aliphatic heterocycles. The third kappa shape index (κ3) is 3.61. The average molecular weight is 379 g/mol. The van der Waals surface area contributed by atoms with Gasteiger partial charge in [0.15, 0.2) is 0 Å². The van der Waals surface area contributed by atoms with Gasteiger partial charge in [0.1, 0.15) is 5.75 Å². The number of benzene rings is 1. The molecule has 7 heteroatoms. The van der Waals surface area contributed by atoms with Gasteiger partial charge in [0.2, 0.25) is 11.8 Å². The standard InChI is InChI=1S/C21H21N3O4/c1-27-15-6-4-14(5-7-15)24-21(26)19-17-9-8-16(28-17)18(19)20(25)23-12-13-3-2-10-22-11-13/h2-11,16-19H,12H2,1H3,(H,23,25)(H,24,26)/t16-,17+,18+,19+/m1/s1. The van der Waals surface area contributed by atoms with Gasteiger partial charge in [-0.25, -0.2) is 0 Å². The fourth-order valence-corrected chi connectivity index (χ4v) is 3.64. The number of hydrogen-bond acceptors (Lipinski definition) is 5. The SMILES string of the molecule is COc1ccc(NC(=O)[C@@H]2[C@@H](C(=O)NCc3cccnc3)[C@H]3C=C[C@@H]2O3)cc1. The number of methoxy groups -OCH3 is 1. The first-order valence-corrected chi connectivity index (χ1v) is 9.11. The predicted molar refractivity (Wildman–Crippen MR) is 102 cm³/mol. The predicted octanol–water partition coefficient (Wildman–Crippen LogP) is 1.91. The first kappa shape index (κ1) is 18.2. The number of carbonyl (C=O) groups excluding carboxylic acids is 2. The Bertz CT molecular complexity index is 882. The molecule has 28 heavy (non-hydrogen) atoms. The molecule has 4 rings (SSSR count). The smallest absolute Gasteiger partial charge is 0.231 e. The Hall–Kier alpha value is -3.19. The number of carbonyl (C=O) groups is 2. The normalized spacial score (nSPS) is 24.8. The summed E-state index contributed by atoms with van der Waals surface area (Å²) in [6, 6.07) is 10.8. The van der Waals surface area contributed by atoms with E-state index in [9.17, 15) is 9.59 Å². The molecule has 1 saturated heterocycles. The van der Waals surface area contributed by atoms with Crippen LogP contribution in [0.25, 0.3) is 0 Å². The molecule has 2 N–H and O–H groups in total.